The van der Waals surface area contributed by atoms with E-state index in [4.69, 9.17) is 15.4 Å². The second-order valence-corrected chi connectivity index (χ2v) is 4.61. The van der Waals surface area contributed by atoms with Gasteiger partial charge >= 0.3 is 9.24 Å². The Kier molecular flexibility index (Phi) is 2.74. The zero-order valence-electron chi connectivity index (χ0n) is 6.45. The zero-order valence-corrected chi connectivity index (χ0v) is 8.02. The van der Waals surface area contributed by atoms with E-state index < -0.39 is 9.24 Å². The molecule has 0 aromatic carbocycles. The van der Waals surface area contributed by atoms with E-state index in [-0.39, 0.29) is 5.90 Å². The predicted octanol–water partition coefficient (Wildman–Crippen LogP) is 1.24. The highest BCUT2D eigenvalue weighted by Crippen LogP contribution is 2.10. The number of ether oxygens (including phenoxy) is 1. The predicted molar refractivity (Wildman–Crippen MR) is 46.5 cm³/mol. The molecule has 1 aliphatic rings. The van der Waals surface area contributed by atoms with Crippen LogP contribution in [0.15, 0.2) is 16.0 Å². The van der Waals surface area contributed by atoms with Crippen LogP contribution in [0.5, 0.6) is 0 Å². The Morgan fingerprint density at radius 3 is 2.83 bits per heavy atom. The molecule has 68 valence electrons. The third kappa shape index (κ3) is 3.23. The highest BCUT2D eigenvalue weighted by molar-refractivity contribution is 8.12. The lowest BCUT2D eigenvalue weighted by Crippen LogP contribution is -2.11. The lowest BCUT2D eigenvalue weighted by atomic mass is 10.2. The van der Waals surface area contributed by atoms with Gasteiger partial charge < -0.3 is 4.74 Å². The molecule has 1 heterocycles. The maximum atomic E-state index is 10.5. The van der Waals surface area contributed by atoms with Gasteiger partial charge in [-0.25, -0.2) is 0 Å². The summed E-state index contributed by atoms with van der Waals surface area (Å²) in [6.07, 6.45) is 2.35. The van der Waals surface area contributed by atoms with Crippen LogP contribution in [0.25, 0.3) is 0 Å². The molecule has 4 nitrogen and oxygen atoms in total. The highest BCUT2D eigenvalue weighted by atomic mass is 35.7. The summed E-state index contributed by atoms with van der Waals surface area (Å²) in [5.74, 6) is 0.0637. The van der Waals surface area contributed by atoms with E-state index in [0.717, 1.165) is 12.0 Å². The third-order valence-corrected chi connectivity index (χ3v) is 1.92. The van der Waals surface area contributed by atoms with Gasteiger partial charge in [-0.1, -0.05) is 5.57 Å². The summed E-state index contributed by atoms with van der Waals surface area (Å²) in [6, 6.07) is 0. The van der Waals surface area contributed by atoms with Crippen molar-refractivity contribution in [2.45, 2.75) is 13.3 Å². The summed E-state index contributed by atoms with van der Waals surface area (Å²) in [6.45, 7) is 2.33. The zero-order chi connectivity index (χ0) is 9.19. The van der Waals surface area contributed by atoms with Gasteiger partial charge in [-0.05, 0) is 6.92 Å². The van der Waals surface area contributed by atoms with Crippen molar-refractivity contribution in [1.82, 2.24) is 0 Å². The monoisotopic (exact) mass is 209 g/mol. The van der Waals surface area contributed by atoms with Crippen LogP contribution in [0.2, 0.25) is 0 Å². The van der Waals surface area contributed by atoms with Gasteiger partial charge in [-0.15, -0.1) is 4.40 Å². The molecule has 0 N–H and O–H groups in total. The van der Waals surface area contributed by atoms with Crippen LogP contribution >= 0.6 is 10.7 Å². The summed E-state index contributed by atoms with van der Waals surface area (Å²) < 4.78 is 29.1. The van der Waals surface area contributed by atoms with E-state index in [1.54, 1.807) is 6.08 Å². The molecule has 0 unspecified atom stereocenters. The number of halogens is 1. The Hall–Kier alpha value is -0.550. The number of hydrogen-bond donors (Lipinski definition) is 0. The van der Waals surface area contributed by atoms with E-state index in [1.165, 1.54) is 0 Å². The molecular formula is C6H8ClNO3S. The molecule has 0 aromatic heterocycles. The van der Waals surface area contributed by atoms with Crippen molar-refractivity contribution >= 4 is 25.8 Å². The van der Waals surface area contributed by atoms with Crippen LogP contribution in [0.3, 0.4) is 0 Å². The Morgan fingerprint density at radius 1 is 1.67 bits per heavy atom. The summed E-state index contributed by atoms with van der Waals surface area (Å²) in [5.41, 5.74) is 1.03. The number of nitrogens with zero attached hydrogens (tertiary/aromatic N) is 1. The molecule has 0 saturated heterocycles. The van der Waals surface area contributed by atoms with Crippen LogP contribution < -0.4 is 0 Å². The molecule has 0 fully saturated rings. The van der Waals surface area contributed by atoms with E-state index in [0.29, 0.717) is 6.61 Å². The third-order valence-electron chi connectivity index (χ3n) is 1.32. The van der Waals surface area contributed by atoms with Crippen LogP contribution in [0.4, 0.5) is 0 Å². The van der Waals surface area contributed by atoms with Gasteiger partial charge in [0.05, 0.1) is 6.61 Å². The second kappa shape index (κ2) is 3.45. The molecule has 0 bridgehead atoms. The Labute approximate surface area is 75.4 Å². The van der Waals surface area contributed by atoms with E-state index in [2.05, 4.69) is 4.40 Å². The van der Waals surface area contributed by atoms with E-state index >= 15 is 0 Å². The molecule has 1 aliphatic heterocycles. The van der Waals surface area contributed by atoms with Gasteiger partial charge in [-0.2, -0.15) is 8.42 Å². The average Bonchev–Trinajstić information content (AvgIpc) is 1.82. The lowest BCUT2D eigenvalue weighted by Gasteiger charge is -2.11. The fourth-order valence-electron chi connectivity index (χ4n) is 0.801. The SMILES string of the molecule is CC1=C/C(=N/S(=O)(=O)Cl)OCC1. The first-order valence-electron chi connectivity index (χ1n) is 3.32. The minimum absolute atomic E-state index is 0.0637. The van der Waals surface area contributed by atoms with Crippen molar-refractivity contribution in [2.24, 2.45) is 4.40 Å². The van der Waals surface area contributed by atoms with Crippen LogP contribution in [-0.2, 0) is 14.0 Å². The Morgan fingerprint density at radius 2 is 2.33 bits per heavy atom. The van der Waals surface area contributed by atoms with Crippen LogP contribution in [0, 0.1) is 0 Å². The highest BCUT2D eigenvalue weighted by Gasteiger charge is 2.09. The summed E-state index contributed by atoms with van der Waals surface area (Å²) in [7, 11) is 1.03. The molecular weight excluding hydrogens is 202 g/mol. The molecule has 12 heavy (non-hydrogen) atoms. The van der Waals surface area contributed by atoms with Gasteiger partial charge in [0.2, 0.25) is 5.90 Å². The van der Waals surface area contributed by atoms with Gasteiger partial charge in [0.1, 0.15) is 0 Å². The standard InChI is InChI=1S/C6H8ClNO3S/c1-5-2-3-11-6(4-5)8-12(7,9)10/h4H,2-3H2,1H3/b8-6-. The molecule has 0 radical (unpaired) electrons. The van der Waals surface area contributed by atoms with E-state index in [9.17, 15) is 8.42 Å². The van der Waals surface area contributed by atoms with E-state index in [1.807, 2.05) is 6.92 Å². The minimum Gasteiger partial charge on any atom is -0.477 e. The Bertz CT molecular complexity index is 331. The molecule has 0 spiro atoms. The maximum absolute atomic E-state index is 10.5. The average molecular weight is 210 g/mol. The van der Waals surface area contributed by atoms with Crippen molar-refractivity contribution in [2.75, 3.05) is 6.61 Å². The molecule has 0 saturated carbocycles. The normalized spacial score (nSPS) is 21.8. The van der Waals surface area contributed by atoms with Gasteiger partial charge in [0.15, 0.2) is 0 Å². The first kappa shape index (κ1) is 9.54. The maximum Gasteiger partial charge on any atom is 0.343 e. The summed E-state index contributed by atoms with van der Waals surface area (Å²) in [5, 5.41) is 0. The van der Waals surface area contributed by atoms with Crippen LogP contribution in [0.1, 0.15) is 13.3 Å². The summed E-state index contributed by atoms with van der Waals surface area (Å²) >= 11 is 0. The topological polar surface area (TPSA) is 55.7 Å². The van der Waals surface area contributed by atoms with Crippen molar-refractivity contribution in [3.8, 4) is 0 Å². The van der Waals surface area contributed by atoms with Crippen molar-refractivity contribution in [3.63, 3.8) is 0 Å². The quantitative estimate of drug-likeness (QED) is 0.611. The molecule has 0 atom stereocenters. The first-order chi connectivity index (χ1) is 5.47. The number of rotatable bonds is 1. The van der Waals surface area contributed by atoms with Crippen LogP contribution in [-0.4, -0.2) is 20.9 Å². The second-order valence-electron chi connectivity index (χ2n) is 2.43. The first-order valence-corrected chi connectivity index (χ1v) is 5.58. The lowest BCUT2D eigenvalue weighted by molar-refractivity contribution is 0.304. The van der Waals surface area contributed by atoms with Crippen molar-refractivity contribution in [3.05, 3.63) is 11.6 Å². The fraction of sp³-hybridized carbons (Fsp3) is 0.500. The molecule has 0 aromatic rings. The molecule has 6 heteroatoms. The smallest absolute Gasteiger partial charge is 0.343 e. The number of hydrogen-bond acceptors (Lipinski definition) is 3. The van der Waals surface area contributed by atoms with Gasteiger partial charge in [0, 0.05) is 23.2 Å². The fourth-order valence-corrected chi connectivity index (χ4v) is 1.33. The van der Waals surface area contributed by atoms with Gasteiger partial charge in [0.25, 0.3) is 0 Å². The van der Waals surface area contributed by atoms with Crippen molar-refractivity contribution < 1.29 is 13.2 Å². The molecule has 0 amide bonds. The summed E-state index contributed by atoms with van der Waals surface area (Å²) in [4.78, 5) is 0. The Balaban J connectivity index is 2.90. The largest absolute Gasteiger partial charge is 0.477 e. The van der Waals surface area contributed by atoms with Crippen molar-refractivity contribution in [1.29, 1.82) is 0 Å². The minimum atomic E-state index is -3.86. The molecule has 1 rings (SSSR count). The molecule has 0 aliphatic carbocycles. The van der Waals surface area contributed by atoms with Gasteiger partial charge in [-0.3, -0.25) is 0 Å².